The molecule has 0 aromatic heterocycles. The molecule has 0 heterocycles. The van der Waals surface area contributed by atoms with Gasteiger partial charge in [-0.05, 0) is 61.7 Å². The predicted octanol–water partition coefficient (Wildman–Crippen LogP) is 4.39. The molecule has 0 atom stereocenters. The third-order valence-corrected chi connectivity index (χ3v) is 5.06. The highest BCUT2D eigenvalue weighted by Crippen LogP contribution is 2.24. The van der Waals surface area contributed by atoms with Gasteiger partial charge in [-0.25, -0.2) is 5.43 Å². The second-order valence-corrected chi connectivity index (χ2v) is 7.46. The van der Waals surface area contributed by atoms with Crippen molar-refractivity contribution >= 4 is 34.8 Å². The van der Waals surface area contributed by atoms with Crippen LogP contribution in [0.5, 0.6) is 5.75 Å². The van der Waals surface area contributed by atoms with Gasteiger partial charge in [-0.15, -0.1) is 0 Å². The summed E-state index contributed by atoms with van der Waals surface area (Å²) in [6.07, 6.45) is 4.06. The average molecular weight is 414 g/mol. The number of ether oxygens (including phenoxy) is 1. The molecule has 0 radical (unpaired) electrons. The molecule has 2 aromatic rings. The van der Waals surface area contributed by atoms with Crippen LogP contribution in [0.3, 0.4) is 0 Å². The predicted molar refractivity (Wildman–Crippen MR) is 114 cm³/mol. The highest BCUT2D eigenvalue weighted by atomic mass is 35.5. The zero-order chi connectivity index (χ0) is 20.6. The van der Waals surface area contributed by atoms with Gasteiger partial charge < -0.3 is 10.1 Å². The van der Waals surface area contributed by atoms with Crippen LogP contribution in [-0.2, 0) is 9.59 Å². The number of halogens is 1. The number of hydrogen-bond acceptors (Lipinski definition) is 4. The van der Waals surface area contributed by atoms with Crippen molar-refractivity contribution in [1.82, 2.24) is 5.43 Å². The van der Waals surface area contributed by atoms with E-state index >= 15 is 0 Å². The lowest BCUT2D eigenvalue weighted by atomic mass is 10.1. The quantitative estimate of drug-likeness (QED) is 0.522. The van der Waals surface area contributed by atoms with Crippen LogP contribution in [0, 0.1) is 5.92 Å². The van der Waals surface area contributed by atoms with Gasteiger partial charge in [0.2, 0.25) is 5.91 Å². The van der Waals surface area contributed by atoms with Crippen molar-refractivity contribution in [2.24, 2.45) is 11.0 Å². The molecule has 1 aliphatic carbocycles. The number of amides is 2. The monoisotopic (exact) mass is 413 g/mol. The van der Waals surface area contributed by atoms with Gasteiger partial charge >= 0.3 is 0 Å². The Morgan fingerprint density at radius 1 is 1.14 bits per heavy atom. The van der Waals surface area contributed by atoms with Gasteiger partial charge in [0.05, 0.1) is 5.71 Å². The van der Waals surface area contributed by atoms with Crippen LogP contribution >= 0.6 is 11.6 Å². The maximum Gasteiger partial charge on any atom is 0.262 e. The van der Waals surface area contributed by atoms with Crippen molar-refractivity contribution < 1.29 is 14.3 Å². The molecule has 2 aromatic carbocycles. The number of nitrogens with zero attached hydrogens (tertiary/aromatic N) is 1. The fourth-order valence-electron chi connectivity index (χ4n) is 3.18. The first kappa shape index (κ1) is 20.9. The van der Waals surface area contributed by atoms with E-state index in [0.29, 0.717) is 22.2 Å². The summed E-state index contributed by atoms with van der Waals surface area (Å²) < 4.78 is 5.44. The van der Waals surface area contributed by atoms with E-state index in [1.54, 1.807) is 36.4 Å². The topological polar surface area (TPSA) is 79.8 Å². The largest absolute Gasteiger partial charge is 0.484 e. The molecule has 3 rings (SSSR count). The molecule has 0 aliphatic heterocycles. The highest BCUT2D eigenvalue weighted by Gasteiger charge is 2.22. The van der Waals surface area contributed by atoms with Gasteiger partial charge in [0.1, 0.15) is 5.75 Å². The summed E-state index contributed by atoms with van der Waals surface area (Å²) in [7, 11) is 0. The van der Waals surface area contributed by atoms with Crippen molar-refractivity contribution in [1.29, 1.82) is 0 Å². The van der Waals surface area contributed by atoms with Crippen LogP contribution in [-0.4, -0.2) is 24.1 Å². The first-order chi connectivity index (χ1) is 14.0. The second-order valence-electron chi connectivity index (χ2n) is 7.03. The number of benzene rings is 2. The van der Waals surface area contributed by atoms with E-state index in [1.807, 2.05) is 19.1 Å². The Morgan fingerprint density at radius 2 is 1.86 bits per heavy atom. The Hall–Kier alpha value is -2.86. The molecule has 1 aliphatic rings. The first-order valence-electron chi connectivity index (χ1n) is 9.64. The fraction of sp³-hybridized carbons (Fsp3) is 0.318. The third kappa shape index (κ3) is 6.32. The number of nitrogens with one attached hydrogen (secondary N) is 2. The number of hydrogen-bond donors (Lipinski definition) is 2. The summed E-state index contributed by atoms with van der Waals surface area (Å²) in [5, 5.41) is 7.61. The molecule has 6 nitrogen and oxygen atoms in total. The number of carbonyl (C=O) groups excluding carboxylic acids is 2. The first-order valence-corrected chi connectivity index (χ1v) is 10.0. The maximum absolute atomic E-state index is 12.1. The molecule has 2 amide bonds. The molecular formula is C22H24ClN3O3. The normalized spacial score (nSPS) is 14.5. The summed E-state index contributed by atoms with van der Waals surface area (Å²) >= 11 is 5.83. The molecular weight excluding hydrogens is 390 g/mol. The third-order valence-electron chi connectivity index (χ3n) is 4.81. The summed E-state index contributed by atoms with van der Waals surface area (Å²) in [6, 6.07) is 14.1. The van der Waals surface area contributed by atoms with Crippen LogP contribution in [0.25, 0.3) is 0 Å². The standard InChI is InChI=1S/C22H24ClN3O3/c1-15(25-26-22(28)16-5-2-3-6-16)17-7-4-8-19(13-17)24-21(27)14-29-20-11-9-18(23)10-12-20/h4,7-13,16H,2-3,5-6,14H2,1H3,(H,24,27)(H,26,28). The number of anilines is 1. The summed E-state index contributed by atoms with van der Waals surface area (Å²) in [6.45, 7) is 1.70. The van der Waals surface area contributed by atoms with Gasteiger partial charge in [0.25, 0.3) is 5.91 Å². The highest BCUT2D eigenvalue weighted by molar-refractivity contribution is 6.30. The van der Waals surface area contributed by atoms with Crippen LogP contribution < -0.4 is 15.5 Å². The molecule has 2 N–H and O–H groups in total. The minimum absolute atomic E-state index is 0.0225. The zero-order valence-electron chi connectivity index (χ0n) is 16.3. The maximum atomic E-state index is 12.1. The van der Waals surface area contributed by atoms with E-state index in [1.165, 1.54) is 0 Å². The van der Waals surface area contributed by atoms with Crippen molar-refractivity contribution in [2.45, 2.75) is 32.6 Å². The van der Waals surface area contributed by atoms with Crippen molar-refractivity contribution in [3.05, 3.63) is 59.1 Å². The van der Waals surface area contributed by atoms with E-state index in [2.05, 4.69) is 15.8 Å². The molecule has 152 valence electrons. The summed E-state index contributed by atoms with van der Waals surface area (Å²) in [5.41, 5.74) is 4.77. The Kier molecular flexibility index (Phi) is 7.25. The van der Waals surface area contributed by atoms with Crippen molar-refractivity contribution in [2.75, 3.05) is 11.9 Å². The van der Waals surface area contributed by atoms with Crippen LogP contribution in [0.1, 0.15) is 38.2 Å². The lowest BCUT2D eigenvalue weighted by Gasteiger charge is -2.10. The lowest BCUT2D eigenvalue weighted by molar-refractivity contribution is -0.124. The van der Waals surface area contributed by atoms with Crippen molar-refractivity contribution in [3.63, 3.8) is 0 Å². The van der Waals surface area contributed by atoms with Crippen LogP contribution in [0.2, 0.25) is 5.02 Å². The Balaban J connectivity index is 1.53. The van der Waals surface area contributed by atoms with Gasteiger partial charge in [0.15, 0.2) is 6.61 Å². The number of rotatable bonds is 7. The molecule has 7 heteroatoms. The molecule has 0 saturated heterocycles. The Labute approximate surface area is 175 Å². The van der Waals surface area contributed by atoms with E-state index < -0.39 is 0 Å². The molecule has 1 fully saturated rings. The van der Waals surface area contributed by atoms with Crippen LogP contribution in [0.15, 0.2) is 53.6 Å². The Bertz CT molecular complexity index is 890. The number of hydrazone groups is 1. The van der Waals surface area contributed by atoms with E-state index in [-0.39, 0.29) is 24.3 Å². The molecule has 0 unspecified atom stereocenters. The molecule has 1 saturated carbocycles. The van der Waals surface area contributed by atoms with Gasteiger partial charge in [-0.2, -0.15) is 5.10 Å². The van der Waals surface area contributed by atoms with Gasteiger partial charge in [-0.3, -0.25) is 9.59 Å². The van der Waals surface area contributed by atoms with E-state index in [0.717, 1.165) is 31.2 Å². The SMILES string of the molecule is CC(=NNC(=O)C1CCCC1)c1cccc(NC(=O)COc2ccc(Cl)cc2)c1. The van der Waals surface area contributed by atoms with Gasteiger partial charge in [0, 0.05) is 16.6 Å². The summed E-state index contributed by atoms with van der Waals surface area (Å²) in [4.78, 5) is 24.3. The van der Waals surface area contributed by atoms with Crippen LogP contribution in [0.4, 0.5) is 5.69 Å². The van der Waals surface area contributed by atoms with E-state index in [4.69, 9.17) is 16.3 Å². The lowest BCUT2D eigenvalue weighted by Crippen LogP contribution is -2.26. The minimum atomic E-state index is -0.277. The zero-order valence-corrected chi connectivity index (χ0v) is 17.0. The average Bonchev–Trinajstić information content (AvgIpc) is 3.26. The number of carbonyl (C=O) groups is 2. The smallest absolute Gasteiger partial charge is 0.262 e. The molecule has 0 spiro atoms. The fourth-order valence-corrected chi connectivity index (χ4v) is 3.31. The van der Waals surface area contributed by atoms with Crippen molar-refractivity contribution in [3.8, 4) is 5.75 Å². The Morgan fingerprint density at radius 3 is 2.59 bits per heavy atom. The van der Waals surface area contributed by atoms with E-state index in [9.17, 15) is 9.59 Å². The summed E-state index contributed by atoms with van der Waals surface area (Å²) in [5.74, 6) is 0.337. The molecule has 0 bridgehead atoms. The minimum Gasteiger partial charge on any atom is -0.484 e. The second kappa shape index (κ2) is 10.1. The molecule has 29 heavy (non-hydrogen) atoms. The van der Waals surface area contributed by atoms with Gasteiger partial charge in [-0.1, -0.05) is 36.6 Å².